The number of fused-ring (bicyclic) bond motifs is 1. The van der Waals surface area contributed by atoms with Gasteiger partial charge in [-0.3, -0.25) is 13.5 Å². The number of ether oxygens (including phenoxy) is 1. The van der Waals surface area contributed by atoms with Crippen molar-refractivity contribution in [3.8, 4) is 16.5 Å². The molecule has 4 aromatic rings. The highest BCUT2D eigenvalue weighted by atomic mass is 32.2. The summed E-state index contributed by atoms with van der Waals surface area (Å²) in [7, 11) is -2.25. The molecular weight excluding hydrogens is 547 g/mol. The van der Waals surface area contributed by atoms with Gasteiger partial charge in [-0.1, -0.05) is 6.07 Å². The summed E-state index contributed by atoms with van der Waals surface area (Å²) in [5, 5.41) is 11.1. The predicted molar refractivity (Wildman–Crippen MR) is 145 cm³/mol. The van der Waals surface area contributed by atoms with Gasteiger partial charge in [0, 0.05) is 56.9 Å². The molecule has 0 atom stereocenters. The molecular formula is C25H25FN6O5S2. The van der Waals surface area contributed by atoms with Gasteiger partial charge < -0.3 is 14.7 Å². The summed E-state index contributed by atoms with van der Waals surface area (Å²) < 4.78 is 48.7. The van der Waals surface area contributed by atoms with Gasteiger partial charge in [0.2, 0.25) is 5.75 Å². The zero-order valence-electron chi connectivity index (χ0n) is 20.9. The molecule has 39 heavy (non-hydrogen) atoms. The first kappa shape index (κ1) is 25.7. The van der Waals surface area contributed by atoms with Gasteiger partial charge in [-0.2, -0.15) is 12.7 Å². The first-order valence-corrected chi connectivity index (χ1v) is 14.5. The van der Waals surface area contributed by atoms with Gasteiger partial charge in [-0.05, 0) is 29.8 Å². The number of likely N-dealkylation sites (N-methyl/N-ethyl adjacent to an activating group) is 1. The Bertz CT molecular complexity index is 1730. The third-order valence-electron chi connectivity index (χ3n) is 6.89. The molecule has 2 aliphatic heterocycles. The van der Waals surface area contributed by atoms with Gasteiger partial charge in [0.25, 0.3) is 0 Å². The van der Waals surface area contributed by atoms with E-state index >= 15 is 0 Å². The molecule has 0 saturated carbocycles. The number of nitrogens with zero attached hydrogens (tertiary/aromatic N) is 6. The summed E-state index contributed by atoms with van der Waals surface area (Å²) in [6, 6.07) is 7.66. The average Bonchev–Trinajstić information content (AvgIpc) is 3.50. The van der Waals surface area contributed by atoms with Crippen LogP contribution in [0.5, 0.6) is 5.75 Å². The smallest absolute Gasteiger partial charge is 0.303 e. The van der Waals surface area contributed by atoms with Crippen molar-refractivity contribution in [1.82, 2.24) is 18.7 Å². The molecule has 1 N–H and O–H groups in total. The van der Waals surface area contributed by atoms with E-state index in [9.17, 15) is 22.7 Å². The highest BCUT2D eigenvalue weighted by molar-refractivity contribution is 7.90. The lowest BCUT2D eigenvalue weighted by atomic mass is 10.1. The summed E-state index contributed by atoms with van der Waals surface area (Å²) in [4.78, 5) is 24.8. The van der Waals surface area contributed by atoms with Crippen LogP contribution in [0.3, 0.4) is 0 Å². The van der Waals surface area contributed by atoms with E-state index in [0.29, 0.717) is 49.1 Å². The maximum absolute atomic E-state index is 14.1. The monoisotopic (exact) mass is 572 g/mol. The molecule has 5 heterocycles. The molecule has 11 nitrogen and oxygen atoms in total. The highest BCUT2D eigenvalue weighted by Gasteiger charge is 2.35. The van der Waals surface area contributed by atoms with Crippen molar-refractivity contribution in [2.75, 3.05) is 55.6 Å². The van der Waals surface area contributed by atoms with E-state index in [1.807, 2.05) is 6.07 Å². The third-order valence-corrected chi connectivity index (χ3v) is 9.80. The zero-order valence-corrected chi connectivity index (χ0v) is 22.6. The predicted octanol–water partition coefficient (Wildman–Crippen LogP) is 2.09. The van der Waals surface area contributed by atoms with Gasteiger partial charge >= 0.3 is 15.8 Å². The number of benzene rings is 1. The van der Waals surface area contributed by atoms with Crippen LogP contribution in [0, 0.1) is 5.82 Å². The van der Waals surface area contributed by atoms with Crippen molar-refractivity contribution < 1.29 is 22.7 Å². The van der Waals surface area contributed by atoms with Gasteiger partial charge in [-0.25, -0.2) is 14.4 Å². The maximum Gasteiger partial charge on any atom is 0.303 e. The topological polar surface area (TPSA) is 121 Å². The Kier molecular flexibility index (Phi) is 6.49. The van der Waals surface area contributed by atoms with Crippen molar-refractivity contribution in [3.63, 3.8) is 0 Å². The molecule has 0 aliphatic carbocycles. The normalized spacial score (nSPS) is 17.8. The van der Waals surface area contributed by atoms with Crippen LogP contribution in [0.1, 0.15) is 10.4 Å². The van der Waals surface area contributed by atoms with Crippen molar-refractivity contribution in [2.45, 2.75) is 6.42 Å². The molecule has 6 rings (SSSR count). The highest BCUT2D eigenvalue weighted by Crippen LogP contribution is 2.34. The number of morpholine rings is 1. The van der Waals surface area contributed by atoms with E-state index in [1.54, 1.807) is 24.5 Å². The lowest BCUT2D eigenvalue weighted by molar-refractivity contribution is 0.122. The second kappa shape index (κ2) is 9.86. The minimum absolute atomic E-state index is 0.0680. The average molecular weight is 573 g/mol. The fourth-order valence-corrected chi connectivity index (χ4v) is 7.06. The van der Waals surface area contributed by atoms with E-state index in [1.165, 1.54) is 43.5 Å². The van der Waals surface area contributed by atoms with Crippen LogP contribution in [0.25, 0.3) is 16.3 Å². The first-order chi connectivity index (χ1) is 18.7. The van der Waals surface area contributed by atoms with Gasteiger partial charge in [0.05, 0.1) is 24.6 Å². The number of hydrogen-bond acceptors (Lipinski definition) is 9. The van der Waals surface area contributed by atoms with Crippen LogP contribution in [0.15, 0.2) is 47.5 Å². The van der Waals surface area contributed by atoms with Crippen LogP contribution < -0.4 is 14.8 Å². The Balaban J connectivity index is 1.32. The largest absolute Gasteiger partial charge is 0.501 e. The summed E-state index contributed by atoms with van der Waals surface area (Å²) in [6.07, 6.45) is 3.52. The van der Waals surface area contributed by atoms with E-state index in [4.69, 9.17) is 4.74 Å². The molecule has 0 unspecified atom stereocenters. The van der Waals surface area contributed by atoms with Crippen molar-refractivity contribution >= 4 is 38.6 Å². The summed E-state index contributed by atoms with van der Waals surface area (Å²) in [5.74, 6) is -1.05. The quantitative estimate of drug-likeness (QED) is 0.386. The number of aromatic hydroxyl groups is 1. The second-order valence-corrected chi connectivity index (χ2v) is 12.4. The van der Waals surface area contributed by atoms with Crippen LogP contribution in [0.2, 0.25) is 0 Å². The molecule has 0 spiro atoms. The number of anilines is 2. The molecule has 0 amide bonds. The number of aromatic nitrogens is 3. The van der Waals surface area contributed by atoms with Gasteiger partial charge in [0.1, 0.15) is 22.2 Å². The molecule has 14 heteroatoms. The number of rotatable bonds is 5. The molecule has 2 fully saturated rings. The van der Waals surface area contributed by atoms with E-state index < -0.39 is 27.3 Å². The number of thiazole rings is 1. The first-order valence-electron chi connectivity index (χ1n) is 12.3. The maximum atomic E-state index is 14.1. The lowest BCUT2D eigenvalue weighted by Crippen LogP contribution is -2.36. The Labute approximate surface area is 227 Å². The minimum atomic E-state index is -3.73. The van der Waals surface area contributed by atoms with Crippen LogP contribution in [-0.4, -0.2) is 78.6 Å². The summed E-state index contributed by atoms with van der Waals surface area (Å²) in [6.45, 7) is 3.14. The van der Waals surface area contributed by atoms with E-state index in [0.717, 1.165) is 10.6 Å². The van der Waals surface area contributed by atoms with E-state index in [-0.39, 0.29) is 24.3 Å². The SMILES string of the molecule is CN1CCN(c2cc(F)ccc2Cc2cnc(-c3nc4ccc(N5CCOCC5)cn4c(=O)c3O)s2)S1(=O)=O. The summed E-state index contributed by atoms with van der Waals surface area (Å²) >= 11 is 1.22. The van der Waals surface area contributed by atoms with Crippen LogP contribution >= 0.6 is 11.3 Å². The molecule has 204 valence electrons. The Hall–Kier alpha value is -3.59. The molecule has 1 aromatic carbocycles. The van der Waals surface area contributed by atoms with Crippen molar-refractivity contribution in [2.24, 2.45) is 0 Å². The molecule has 0 radical (unpaired) electrons. The van der Waals surface area contributed by atoms with Crippen LogP contribution in [0.4, 0.5) is 15.8 Å². The summed E-state index contributed by atoms with van der Waals surface area (Å²) in [5.41, 5.74) is 1.54. The van der Waals surface area contributed by atoms with Crippen molar-refractivity contribution in [3.05, 3.63) is 69.3 Å². The Morgan fingerprint density at radius 3 is 2.67 bits per heavy atom. The molecule has 2 aliphatic rings. The van der Waals surface area contributed by atoms with Crippen LogP contribution in [-0.2, 0) is 21.4 Å². The fourth-order valence-electron chi connectivity index (χ4n) is 4.76. The Morgan fingerprint density at radius 1 is 1.13 bits per heavy atom. The third kappa shape index (κ3) is 4.62. The zero-order chi connectivity index (χ0) is 27.3. The molecule has 3 aromatic heterocycles. The van der Waals surface area contributed by atoms with Gasteiger partial charge in [-0.15, -0.1) is 11.3 Å². The Morgan fingerprint density at radius 2 is 1.92 bits per heavy atom. The van der Waals surface area contributed by atoms with Gasteiger partial charge in [0.15, 0.2) is 0 Å². The number of halogens is 1. The fraction of sp³-hybridized carbons (Fsp3) is 0.320. The van der Waals surface area contributed by atoms with Crippen molar-refractivity contribution in [1.29, 1.82) is 0 Å². The second-order valence-electron chi connectivity index (χ2n) is 9.31. The molecule has 2 saturated heterocycles. The molecule has 0 bridgehead atoms. The minimum Gasteiger partial charge on any atom is -0.501 e. The van der Waals surface area contributed by atoms with E-state index in [2.05, 4.69) is 14.9 Å². The number of hydrogen-bond donors (Lipinski definition) is 1. The lowest BCUT2D eigenvalue weighted by Gasteiger charge is -2.28. The number of pyridine rings is 1. The standard InChI is InChI=1S/C25H25FN6O5S2/c1-29-6-7-32(39(29,35)36)20-13-17(26)3-2-16(20)12-19-14-27-24(38-19)22-23(33)25(34)31-15-18(4-5-21(31)28-22)30-8-10-37-11-9-30/h2-5,13-15,33H,6-12H2,1H3.